The van der Waals surface area contributed by atoms with Crippen molar-refractivity contribution in [1.82, 2.24) is 9.97 Å². The van der Waals surface area contributed by atoms with E-state index in [0.717, 1.165) is 56.5 Å². The SMILES string of the molecule is O=C(C[C@@H](c1ccc(C(F)(F)F)cc1)C1CC1)c1cc(=O)[nH]c(N2CCCC2)n1. The van der Waals surface area contributed by atoms with Crippen LogP contribution in [0.5, 0.6) is 0 Å². The second-order valence-corrected chi connectivity index (χ2v) is 7.84. The van der Waals surface area contributed by atoms with Gasteiger partial charge in [0.2, 0.25) is 5.95 Å². The Labute approximate surface area is 166 Å². The summed E-state index contributed by atoms with van der Waals surface area (Å²) in [6, 6.07) is 6.25. The van der Waals surface area contributed by atoms with Crippen molar-refractivity contribution in [2.75, 3.05) is 18.0 Å². The van der Waals surface area contributed by atoms with E-state index in [9.17, 15) is 22.8 Å². The van der Waals surface area contributed by atoms with Crippen molar-refractivity contribution in [3.63, 3.8) is 0 Å². The number of Topliss-reactive ketones (excluding diaryl/α,β-unsaturated/α-hetero) is 1. The summed E-state index contributed by atoms with van der Waals surface area (Å²) >= 11 is 0. The first-order valence-corrected chi connectivity index (χ1v) is 9.88. The zero-order valence-electron chi connectivity index (χ0n) is 15.8. The van der Waals surface area contributed by atoms with Crippen LogP contribution in [0.4, 0.5) is 19.1 Å². The third-order valence-electron chi connectivity index (χ3n) is 5.68. The van der Waals surface area contributed by atoms with Crippen molar-refractivity contribution in [1.29, 1.82) is 0 Å². The normalized spacial score (nSPS) is 18.1. The number of aromatic nitrogens is 2. The van der Waals surface area contributed by atoms with E-state index in [1.165, 1.54) is 18.2 Å². The zero-order chi connectivity index (χ0) is 20.6. The molecule has 1 aliphatic carbocycles. The lowest BCUT2D eigenvalue weighted by atomic mass is 9.88. The lowest BCUT2D eigenvalue weighted by Gasteiger charge is -2.18. The fraction of sp³-hybridized carbons (Fsp3) is 0.476. The minimum absolute atomic E-state index is 0.119. The van der Waals surface area contributed by atoms with Crippen LogP contribution in [0.3, 0.4) is 0 Å². The summed E-state index contributed by atoms with van der Waals surface area (Å²) in [6.45, 7) is 1.58. The van der Waals surface area contributed by atoms with E-state index in [1.54, 1.807) is 0 Å². The van der Waals surface area contributed by atoms with E-state index in [1.807, 2.05) is 4.90 Å². The topological polar surface area (TPSA) is 66.1 Å². The number of carbonyl (C=O) groups excluding carboxylic acids is 1. The van der Waals surface area contributed by atoms with Gasteiger partial charge >= 0.3 is 6.18 Å². The lowest BCUT2D eigenvalue weighted by Crippen LogP contribution is -2.25. The number of ketones is 1. The maximum Gasteiger partial charge on any atom is 0.416 e. The second kappa shape index (κ2) is 7.65. The third kappa shape index (κ3) is 4.52. The number of anilines is 1. The number of alkyl halides is 3. The quantitative estimate of drug-likeness (QED) is 0.733. The molecule has 1 N–H and O–H groups in total. The summed E-state index contributed by atoms with van der Waals surface area (Å²) in [5.41, 5.74) is -0.233. The summed E-state index contributed by atoms with van der Waals surface area (Å²) in [5, 5.41) is 0. The standard InChI is InChI=1S/C21H22F3N3O2/c22-21(23,24)15-7-5-14(6-8-15)16(13-3-4-13)11-18(28)17-12-19(29)26-20(25-17)27-9-1-2-10-27/h5-8,12-13,16H,1-4,9-11H2,(H,25,26,29)/t16-/m1/s1. The van der Waals surface area contributed by atoms with E-state index in [-0.39, 0.29) is 35.3 Å². The first-order valence-electron chi connectivity index (χ1n) is 9.88. The van der Waals surface area contributed by atoms with Crippen LogP contribution in [0, 0.1) is 5.92 Å². The largest absolute Gasteiger partial charge is 0.416 e. The van der Waals surface area contributed by atoms with E-state index >= 15 is 0 Å². The third-order valence-corrected chi connectivity index (χ3v) is 5.68. The molecule has 1 aliphatic heterocycles. The molecule has 0 bridgehead atoms. The second-order valence-electron chi connectivity index (χ2n) is 7.84. The molecule has 4 rings (SSSR count). The van der Waals surface area contributed by atoms with Gasteiger partial charge in [-0.25, -0.2) is 4.98 Å². The van der Waals surface area contributed by atoms with Crippen molar-refractivity contribution in [3.8, 4) is 0 Å². The number of rotatable bonds is 6. The fourth-order valence-corrected chi connectivity index (χ4v) is 3.95. The highest BCUT2D eigenvalue weighted by molar-refractivity contribution is 5.95. The number of aromatic amines is 1. The van der Waals surface area contributed by atoms with Crippen LogP contribution in [0.1, 0.15) is 59.6 Å². The molecule has 1 atom stereocenters. The van der Waals surface area contributed by atoms with Gasteiger partial charge in [0.15, 0.2) is 5.78 Å². The average molecular weight is 405 g/mol. The van der Waals surface area contributed by atoms with E-state index < -0.39 is 11.7 Å². The van der Waals surface area contributed by atoms with Crippen molar-refractivity contribution in [3.05, 3.63) is 57.5 Å². The van der Waals surface area contributed by atoms with Crippen molar-refractivity contribution in [2.24, 2.45) is 5.92 Å². The number of nitrogens with one attached hydrogen (secondary N) is 1. The van der Waals surface area contributed by atoms with E-state index in [4.69, 9.17) is 0 Å². The van der Waals surface area contributed by atoms with Crippen LogP contribution in [0.15, 0.2) is 35.1 Å². The molecule has 1 aromatic heterocycles. The number of benzene rings is 1. The highest BCUT2D eigenvalue weighted by atomic mass is 19.4. The first kappa shape index (κ1) is 19.7. The van der Waals surface area contributed by atoms with Gasteiger partial charge in [-0.2, -0.15) is 13.2 Å². The average Bonchev–Trinajstić information content (AvgIpc) is 3.37. The molecular weight excluding hydrogens is 383 g/mol. The van der Waals surface area contributed by atoms with Gasteiger partial charge in [0.25, 0.3) is 5.56 Å². The number of hydrogen-bond donors (Lipinski definition) is 1. The highest BCUT2D eigenvalue weighted by Gasteiger charge is 2.35. The van der Waals surface area contributed by atoms with Gasteiger partial charge < -0.3 is 4.90 Å². The molecule has 2 aliphatic rings. The summed E-state index contributed by atoms with van der Waals surface area (Å²) in [4.78, 5) is 33.9. The molecule has 0 radical (unpaired) electrons. The molecule has 154 valence electrons. The van der Waals surface area contributed by atoms with E-state index in [0.29, 0.717) is 5.95 Å². The van der Waals surface area contributed by atoms with Gasteiger partial charge in [-0.3, -0.25) is 14.6 Å². The van der Waals surface area contributed by atoms with Gasteiger partial charge in [0.1, 0.15) is 5.69 Å². The Morgan fingerprint density at radius 1 is 1.17 bits per heavy atom. The van der Waals surface area contributed by atoms with Gasteiger partial charge in [-0.1, -0.05) is 12.1 Å². The molecule has 1 aromatic carbocycles. The molecule has 29 heavy (non-hydrogen) atoms. The summed E-state index contributed by atoms with van der Waals surface area (Å²) in [7, 11) is 0. The molecule has 0 amide bonds. The van der Waals surface area contributed by atoms with Crippen molar-refractivity contribution in [2.45, 2.75) is 44.2 Å². The molecule has 2 heterocycles. The van der Waals surface area contributed by atoms with Gasteiger partial charge in [-0.05, 0) is 55.2 Å². The summed E-state index contributed by atoms with van der Waals surface area (Å²) in [6.07, 6.45) is -0.336. The minimum atomic E-state index is -4.38. The monoisotopic (exact) mass is 405 g/mol. The molecule has 8 heteroatoms. The van der Waals surface area contributed by atoms with Crippen LogP contribution < -0.4 is 10.5 Å². The first-order chi connectivity index (χ1) is 13.8. The van der Waals surface area contributed by atoms with Crippen LogP contribution in [-0.2, 0) is 6.18 Å². The molecule has 2 fully saturated rings. The molecular formula is C21H22F3N3O2. The van der Waals surface area contributed by atoms with Crippen LogP contribution in [-0.4, -0.2) is 28.8 Å². The van der Waals surface area contributed by atoms with Crippen molar-refractivity contribution >= 4 is 11.7 Å². The summed E-state index contributed by atoms with van der Waals surface area (Å²) in [5.74, 6) is 0.265. The Bertz CT molecular complexity index is 943. The lowest BCUT2D eigenvalue weighted by molar-refractivity contribution is -0.137. The van der Waals surface area contributed by atoms with Gasteiger partial charge in [0.05, 0.1) is 5.56 Å². The fourth-order valence-electron chi connectivity index (χ4n) is 3.95. The minimum Gasteiger partial charge on any atom is -0.342 e. The summed E-state index contributed by atoms with van der Waals surface area (Å²) < 4.78 is 38.5. The van der Waals surface area contributed by atoms with Crippen LogP contribution >= 0.6 is 0 Å². The molecule has 0 spiro atoms. The predicted octanol–water partition coefficient (Wildman–Crippen LogP) is 4.16. The smallest absolute Gasteiger partial charge is 0.342 e. The highest BCUT2D eigenvalue weighted by Crippen LogP contribution is 2.45. The predicted molar refractivity (Wildman–Crippen MR) is 102 cm³/mol. The molecule has 1 saturated heterocycles. The van der Waals surface area contributed by atoms with Crippen molar-refractivity contribution < 1.29 is 18.0 Å². The number of H-pyrrole nitrogens is 1. The molecule has 1 saturated carbocycles. The van der Waals surface area contributed by atoms with Gasteiger partial charge in [-0.15, -0.1) is 0 Å². The number of hydrogen-bond acceptors (Lipinski definition) is 4. The maximum atomic E-state index is 12.9. The number of halogens is 3. The van der Waals surface area contributed by atoms with Gasteiger partial charge in [0, 0.05) is 25.6 Å². The molecule has 5 nitrogen and oxygen atoms in total. The maximum absolute atomic E-state index is 12.9. The Hall–Kier alpha value is -2.64. The Kier molecular flexibility index (Phi) is 5.19. The Balaban J connectivity index is 1.55. The van der Waals surface area contributed by atoms with Crippen LogP contribution in [0.25, 0.3) is 0 Å². The Morgan fingerprint density at radius 3 is 2.41 bits per heavy atom. The number of carbonyl (C=O) groups is 1. The van der Waals surface area contributed by atoms with E-state index in [2.05, 4.69) is 9.97 Å². The number of nitrogens with zero attached hydrogens (tertiary/aromatic N) is 2. The van der Waals surface area contributed by atoms with Crippen LogP contribution in [0.2, 0.25) is 0 Å². The Morgan fingerprint density at radius 2 is 1.83 bits per heavy atom. The zero-order valence-corrected chi connectivity index (χ0v) is 15.8. The molecule has 0 unspecified atom stereocenters. The molecule has 2 aromatic rings.